The lowest BCUT2D eigenvalue weighted by Crippen LogP contribution is -2.45. The fraction of sp³-hybridized carbons (Fsp3) is 0.318. The van der Waals surface area contributed by atoms with E-state index in [0.29, 0.717) is 30.9 Å². The average Bonchev–Trinajstić information content (AvgIpc) is 2.75. The van der Waals surface area contributed by atoms with Crippen molar-refractivity contribution in [3.05, 3.63) is 54.6 Å². The summed E-state index contributed by atoms with van der Waals surface area (Å²) in [7, 11) is 0. The molecular weight excluding hydrogens is 368 g/mol. The fourth-order valence-corrected chi connectivity index (χ4v) is 3.23. The van der Waals surface area contributed by atoms with Gasteiger partial charge in [0, 0.05) is 36.6 Å². The second kappa shape index (κ2) is 9.73. The first kappa shape index (κ1) is 20.4. The third-order valence-electron chi connectivity index (χ3n) is 4.86. The maximum Gasteiger partial charge on any atom is 0.321 e. The lowest BCUT2D eigenvalue weighted by molar-refractivity contribution is -0.121. The Hall–Kier alpha value is -3.35. The molecule has 3 rings (SSSR count). The molecular formula is C22H26N4O3. The monoisotopic (exact) mass is 394 g/mol. The van der Waals surface area contributed by atoms with Gasteiger partial charge < -0.3 is 20.9 Å². The van der Waals surface area contributed by atoms with Crippen LogP contribution < -0.4 is 16.0 Å². The average molecular weight is 394 g/mol. The number of hydrogen-bond acceptors (Lipinski definition) is 3. The zero-order valence-corrected chi connectivity index (χ0v) is 16.5. The van der Waals surface area contributed by atoms with E-state index in [4.69, 9.17) is 0 Å². The van der Waals surface area contributed by atoms with Gasteiger partial charge in [0.05, 0.1) is 5.92 Å². The van der Waals surface area contributed by atoms with Crippen LogP contribution in [0.25, 0.3) is 0 Å². The molecule has 1 atom stereocenters. The molecule has 1 aliphatic heterocycles. The summed E-state index contributed by atoms with van der Waals surface area (Å²) in [4.78, 5) is 38.3. The van der Waals surface area contributed by atoms with Gasteiger partial charge in [-0.25, -0.2) is 4.79 Å². The number of urea groups is 1. The molecule has 0 aromatic heterocycles. The van der Waals surface area contributed by atoms with Gasteiger partial charge in [-0.1, -0.05) is 25.1 Å². The molecule has 152 valence electrons. The molecule has 1 heterocycles. The summed E-state index contributed by atoms with van der Waals surface area (Å²) in [6.07, 6.45) is 1.93. The molecule has 2 aromatic carbocycles. The van der Waals surface area contributed by atoms with Crippen molar-refractivity contribution >= 4 is 34.9 Å². The highest BCUT2D eigenvalue weighted by Gasteiger charge is 2.28. The Bertz CT molecular complexity index is 852. The molecule has 1 fully saturated rings. The van der Waals surface area contributed by atoms with Crippen LogP contribution in [0.4, 0.5) is 21.9 Å². The number of likely N-dealkylation sites (tertiary alicyclic amines) is 1. The topological polar surface area (TPSA) is 90.5 Å². The van der Waals surface area contributed by atoms with Crippen LogP contribution >= 0.6 is 0 Å². The number of carbonyl (C=O) groups is 3. The highest BCUT2D eigenvalue weighted by Crippen LogP contribution is 2.21. The van der Waals surface area contributed by atoms with E-state index in [9.17, 15) is 14.4 Å². The highest BCUT2D eigenvalue weighted by molar-refractivity contribution is 5.95. The van der Waals surface area contributed by atoms with E-state index >= 15 is 0 Å². The number of nitrogens with one attached hydrogen (secondary N) is 3. The van der Waals surface area contributed by atoms with Gasteiger partial charge in [-0.05, 0) is 49.2 Å². The van der Waals surface area contributed by atoms with Gasteiger partial charge in [0.15, 0.2) is 0 Å². The molecule has 1 unspecified atom stereocenters. The molecule has 7 heteroatoms. The number of carbonyl (C=O) groups excluding carboxylic acids is 3. The third-order valence-corrected chi connectivity index (χ3v) is 4.86. The van der Waals surface area contributed by atoms with Crippen LogP contribution in [0.5, 0.6) is 0 Å². The van der Waals surface area contributed by atoms with Crippen molar-refractivity contribution in [3.8, 4) is 0 Å². The molecule has 29 heavy (non-hydrogen) atoms. The van der Waals surface area contributed by atoms with Gasteiger partial charge in [0.1, 0.15) is 0 Å². The van der Waals surface area contributed by atoms with Gasteiger partial charge >= 0.3 is 6.03 Å². The predicted molar refractivity (Wildman–Crippen MR) is 114 cm³/mol. The number of hydrogen-bond donors (Lipinski definition) is 3. The van der Waals surface area contributed by atoms with E-state index in [1.807, 2.05) is 30.3 Å². The first-order chi connectivity index (χ1) is 14.0. The molecule has 0 bridgehead atoms. The van der Waals surface area contributed by atoms with Crippen molar-refractivity contribution in [3.63, 3.8) is 0 Å². The van der Waals surface area contributed by atoms with Gasteiger partial charge in [0.25, 0.3) is 0 Å². The van der Waals surface area contributed by atoms with Gasteiger partial charge in [-0.15, -0.1) is 0 Å². The molecule has 1 saturated heterocycles. The zero-order valence-electron chi connectivity index (χ0n) is 16.5. The van der Waals surface area contributed by atoms with E-state index in [0.717, 1.165) is 18.5 Å². The third kappa shape index (κ3) is 5.81. The van der Waals surface area contributed by atoms with E-state index in [-0.39, 0.29) is 23.8 Å². The Morgan fingerprint density at radius 1 is 0.897 bits per heavy atom. The van der Waals surface area contributed by atoms with E-state index in [1.54, 1.807) is 36.1 Å². The maximum atomic E-state index is 12.7. The second-order valence-corrected chi connectivity index (χ2v) is 7.05. The number of rotatable bonds is 5. The molecule has 7 nitrogen and oxygen atoms in total. The Labute approximate surface area is 170 Å². The number of anilines is 3. The zero-order chi connectivity index (χ0) is 20.6. The number of benzene rings is 2. The standard InChI is InChI=1S/C22H26N4O3/c1-2-20(27)23-18-10-12-19(13-11-18)24-21(28)16-7-6-14-26(15-16)22(29)25-17-8-4-3-5-9-17/h3-5,8-13,16H,2,6-7,14-15H2,1H3,(H,23,27)(H,24,28)(H,25,29). The van der Waals surface area contributed by atoms with E-state index < -0.39 is 0 Å². The summed E-state index contributed by atoms with van der Waals surface area (Å²) in [6, 6.07) is 16.1. The van der Waals surface area contributed by atoms with Gasteiger partial charge in [0.2, 0.25) is 11.8 Å². The molecule has 0 saturated carbocycles. The maximum absolute atomic E-state index is 12.7. The van der Waals surface area contributed by atoms with Crippen LogP contribution in [0.15, 0.2) is 54.6 Å². The lowest BCUT2D eigenvalue weighted by atomic mass is 9.97. The smallest absolute Gasteiger partial charge is 0.321 e. The fourth-order valence-electron chi connectivity index (χ4n) is 3.23. The molecule has 2 aromatic rings. The minimum absolute atomic E-state index is 0.0575. The summed E-state index contributed by atoms with van der Waals surface area (Å²) in [6.45, 7) is 2.81. The Kier molecular flexibility index (Phi) is 6.84. The summed E-state index contributed by atoms with van der Waals surface area (Å²) in [5.41, 5.74) is 2.09. The normalized spacial score (nSPS) is 16.0. The van der Waals surface area contributed by atoms with Crippen LogP contribution in [0.3, 0.4) is 0 Å². The van der Waals surface area contributed by atoms with Crippen LogP contribution in [0.1, 0.15) is 26.2 Å². The van der Waals surface area contributed by atoms with E-state index in [2.05, 4.69) is 16.0 Å². The van der Waals surface area contributed by atoms with Crippen LogP contribution in [-0.2, 0) is 9.59 Å². The van der Waals surface area contributed by atoms with Gasteiger partial charge in [-0.3, -0.25) is 9.59 Å². The first-order valence-corrected chi connectivity index (χ1v) is 9.87. The van der Waals surface area contributed by atoms with Crippen molar-refractivity contribution in [2.45, 2.75) is 26.2 Å². The van der Waals surface area contributed by atoms with E-state index in [1.165, 1.54) is 0 Å². The summed E-state index contributed by atoms with van der Waals surface area (Å²) in [5, 5.41) is 8.54. The van der Waals surface area contributed by atoms with Gasteiger partial charge in [-0.2, -0.15) is 0 Å². The number of nitrogens with zero attached hydrogens (tertiary/aromatic N) is 1. The summed E-state index contributed by atoms with van der Waals surface area (Å²) in [5.74, 6) is -0.421. The Morgan fingerprint density at radius 2 is 1.52 bits per heavy atom. The van der Waals surface area contributed by atoms with Crippen molar-refractivity contribution < 1.29 is 14.4 Å². The van der Waals surface area contributed by atoms with Crippen LogP contribution in [-0.4, -0.2) is 35.8 Å². The SMILES string of the molecule is CCC(=O)Nc1ccc(NC(=O)C2CCCN(C(=O)Nc3ccccc3)C2)cc1. The van der Waals surface area contributed by atoms with Crippen molar-refractivity contribution in [1.82, 2.24) is 4.90 Å². The molecule has 0 aliphatic carbocycles. The predicted octanol–water partition coefficient (Wildman–Crippen LogP) is 3.92. The molecule has 0 radical (unpaired) electrons. The van der Waals surface area contributed by atoms with Crippen LogP contribution in [0.2, 0.25) is 0 Å². The molecule has 0 spiro atoms. The first-order valence-electron chi connectivity index (χ1n) is 9.87. The second-order valence-electron chi connectivity index (χ2n) is 7.05. The van der Waals surface area contributed by atoms with Crippen molar-refractivity contribution in [1.29, 1.82) is 0 Å². The molecule has 3 N–H and O–H groups in total. The Morgan fingerprint density at radius 3 is 2.17 bits per heavy atom. The van der Waals surface area contributed by atoms with Crippen LogP contribution in [0, 0.1) is 5.92 Å². The summed E-state index contributed by atoms with van der Waals surface area (Å²) >= 11 is 0. The quantitative estimate of drug-likeness (QED) is 0.718. The highest BCUT2D eigenvalue weighted by atomic mass is 16.2. The molecule has 4 amide bonds. The number of piperidine rings is 1. The van der Waals surface area contributed by atoms with Crippen molar-refractivity contribution in [2.24, 2.45) is 5.92 Å². The number of amides is 4. The summed E-state index contributed by atoms with van der Waals surface area (Å²) < 4.78 is 0. The Balaban J connectivity index is 1.54. The largest absolute Gasteiger partial charge is 0.326 e. The minimum atomic E-state index is -0.259. The minimum Gasteiger partial charge on any atom is -0.326 e. The van der Waals surface area contributed by atoms with Crippen molar-refractivity contribution in [2.75, 3.05) is 29.0 Å². The lowest BCUT2D eigenvalue weighted by Gasteiger charge is -2.32. The number of para-hydroxylation sites is 1. The molecule has 1 aliphatic rings.